The fraction of sp³-hybridized carbons (Fsp3) is 0.667. The maximum atomic E-state index is 4.16. The number of fused-ring (bicyclic) bond motifs is 1. The van der Waals surface area contributed by atoms with Gasteiger partial charge in [0.25, 0.3) is 0 Å². The van der Waals surface area contributed by atoms with Gasteiger partial charge in [-0.1, -0.05) is 0 Å². The molecule has 1 saturated carbocycles. The second-order valence-electron chi connectivity index (χ2n) is 3.94. The fourth-order valence-corrected chi connectivity index (χ4v) is 2.55. The first-order chi connectivity index (χ1) is 5.86. The molecule has 2 saturated heterocycles. The summed E-state index contributed by atoms with van der Waals surface area (Å²) in [5.74, 6) is 0.864. The summed E-state index contributed by atoms with van der Waals surface area (Å²) in [7, 11) is 0. The first-order valence-corrected chi connectivity index (χ1v) is 4.58. The van der Waals surface area contributed by atoms with Crippen LogP contribution in [0.2, 0.25) is 0 Å². The zero-order valence-electron chi connectivity index (χ0n) is 7.20. The van der Waals surface area contributed by atoms with Gasteiger partial charge in [0.1, 0.15) is 0 Å². The number of nitrogens with zero attached hydrogens (tertiary/aromatic N) is 2. The van der Waals surface area contributed by atoms with E-state index in [0.29, 0.717) is 6.04 Å². The molecule has 3 atom stereocenters. The lowest BCUT2D eigenvalue weighted by Crippen LogP contribution is -2.38. The standard InChI is InChI=1S/C9H13N3/c1-6-3-10-5-12(6)9-7-2-8(9)11-4-7/h3,5,7-9,11H,2,4H2,1H3. The number of rotatable bonds is 1. The molecule has 3 nitrogen and oxygen atoms in total. The highest BCUT2D eigenvalue weighted by Gasteiger charge is 2.47. The van der Waals surface area contributed by atoms with Crippen molar-refractivity contribution in [2.75, 3.05) is 6.54 Å². The quantitative estimate of drug-likeness (QED) is 0.661. The van der Waals surface area contributed by atoms with Crippen LogP contribution in [0, 0.1) is 12.8 Å². The summed E-state index contributed by atoms with van der Waals surface area (Å²) >= 11 is 0. The van der Waals surface area contributed by atoms with Gasteiger partial charge in [-0.15, -0.1) is 0 Å². The van der Waals surface area contributed by atoms with Crippen molar-refractivity contribution in [2.45, 2.75) is 25.4 Å². The zero-order valence-corrected chi connectivity index (χ0v) is 7.20. The van der Waals surface area contributed by atoms with E-state index in [2.05, 4.69) is 21.8 Å². The number of aryl methyl sites for hydroxylation is 1. The van der Waals surface area contributed by atoms with Gasteiger partial charge in [-0.25, -0.2) is 4.98 Å². The van der Waals surface area contributed by atoms with Crippen LogP contribution >= 0.6 is 0 Å². The van der Waals surface area contributed by atoms with Crippen molar-refractivity contribution in [3.05, 3.63) is 18.2 Å². The molecular weight excluding hydrogens is 150 g/mol. The Morgan fingerprint density at radius 2 is 2.58 bits per heavy atom. The summed E-state index contributed by atoms with van der Waals surface area (Å²) in [6.07, 6.45) is 5.27. The minimum Gasteiger partial charge on any atom is -0.330 e. The third kappa shape index (κ3) is 0.672. The summed E-state index contributed by atoms with van der Waals surface area (Å²) in [4.78, 5) is 4.16. The van der Waals surface area contributed by atoms with Gasteiger partial charge in [0, 0.05) is 24.5 Å². The average molecular weight is 163 g/mol. The van der Waals surface area contributed by atoms with Crippen LogP contribution in [0.5, 0.6) is 0 Å². The second-order valence-corrected chi connectivity index (χ2v) is 3.94. The number of hydrogen-bond donors (Lipinski definition) is 1. The number of imidazole rings is 1. The Balaban J connectivity index is 1.96. The molecule has 1 aromatic rings. The highest BCUT2D eigenvalue weighted by Crippen LogP contribution is 2.43. The van der Waals surface area contributed by atoms with Gasteiger partial charge in [-0.2, -0.15) is 0 Å². The number of aromatic nitrogens is 2. The molecule has 1 N–H and O–H groups in total. The normalized spacial score (nSPS) is 38.2. The van der Waals surface area contributed by atoms with Gasteiger partial charge in [-0.3, -0.25) is 0 Å². The van der Waals surface area contributed by atoms with E-state index in [0.717, 1.165) is 12.0 Å². The Morgan fingerprint density at radius 3 is 3.08 bits per heavy atom. The molecule has 2 aliphatic heterocycles. The molecule has 4 rings (SSSR count). The Hall–Kier alpha value is -0.830. The number of hydrogen-bond acceptors (Lipinski definition) is 2. The maximum absolute atomic E-state index is 4.16. The first kappa shape index (κ1) is 6.66. The molecule has 0 aromatic carbocycles. The molecule has 2 bridgehead atoms. The molecule has 3 aliphatic rings. The second kappa shape index (κ2) is 2.10. The molecule has 1 aromatic heterocycles. The van der Waals surface area contributed by atoms with Crippen LogP contribution in [0.3, 0.4) is 0 Å². The minimum atomic E-state index is 0.701. The Bertz CT molecular complexity index is 290. The lowest BCUT2D eigenvalue weighted by atomic mass is 9.80. The van der Waals surface area contributed by atoms with Crippen molar-refractivity contribution in [3.63, 3.8) is 0 Å². The Labute approximate surface area is 71.8 Å². The summed E-state index contributed by atoms with van der Waals surface area (Å²) < 4.78 is 2.32. The third-order valence-electron chi connectivity index (χ3n) is 3.28. The van der Waals surface area contributed by atoms with E-state index in [-0.39, 0.29) is 0 Å². The van der Waals surface area contributed by atoms with Gasteiger partial charge in [0.2, 0.25) is 0 Å². The van der Waals surface area contributed by atoms with E-state index in [4.69, 9.17) is 0 Å². The van der Waals surface area contributed by atoms with Crippen LogP contribution in [0.1, 0.15) is 18.2 Å². The van der Waals surface area contributed by atoms with Crippen LogP contribution in [0.25, 0.3) is 0 Å². The molecule has 0 spiro atoms. The predicted octanol–water partition coefficient (Wildman–Crippen LogP) is 0.724. The van der Waals surface area contributed by atoms with Crippen LogP contribution in [-0.2, 0) is 0 Å². The van der Waals surface area contributed by atoms with E-state index >= 15 is 0 Å². The van der Waals surface area contributed by atoms with E-state index in [1.807, 2.05) is 12.5 Å². The molecule has 3 heterocycles. The summed E-state index contributed by atoms with van der Waals surface area (Å²) in [6.45, 7) is 3.33. The summed E-state index contributed by atoms with van der Waals surface area (Å²) in [6, 6.07) is 1.43. The SMILES string of the molecule is Cc1cncn1C1C2CNC1C2. The van der Waals surface area contributed by atoms with E-state index < -0.39 is 0 Å². The van der Waals surface area contributed by atoms with Crippen molar-refractivity contribution in [3.8, 4) is 0 Å². The van der Waals surface area contributed by atoms with Crippen LogP contribution in [0.4, 0.5) is 0 Å². The van der Waals surface area contributed by atoms with Crippen molar-refractivity contribution >= 4 is 0 Å². The Kier molecular flexibility index (Phi) is 1.17. The maximum Gasteiger partial charge on any atom is 0.0951 e. The topological polar surface area (TPSA) is 29.9 Å². The Morgan fingerprint density at radius 1 is 1.67 bits per heavy atom. The fourth-order valence-electron chi connectivity index (χ4n) is 2.55. The zero-order chi connectivity index (χ0) is 8.13. The summed E-state index contributed by atoms with van der Waals surface area (Å²) in [5.41, 5.74) is 1.29. The molecular formula is C9H13N3. The molecule has 64 valence electrons. The van der Waals surface area contributed by atoms with E-state index in [1.165, 1.54) is 18.7 Å². The monoisotopic (exact) mass is 163 g/mol. The van der Waals surface area contributed by atoms with Crippen molar-refractivity contribution in [2.24, 2.45) is 5.92 Å². The average Bonchev–Trinajstić information content (AvgIpc) is 2.64. The minimum absolute atomic E-state index is 0.701. The van der Waals surface area contributed by atoms with Crippen LogP contribution in [0.15, 0.2) is 12.5 Å². The van der Waals surface area contributed by atoms with Gasteiger partial charge in [-0.05, 0) is 19.3 Å². The van der Waals surface area contributed by atoms with Crippen LogP contribution in [-0.4, -0.2) is 22.1 Å². The van der Waals surface area contributed by atoms with Gasteiger partial charge in [0.05, 0.1) is 12.4 Å². The smallest absolute Gasteiger partial charge is 0.0951 e. The molecule has 3 heteroatoms. The van der Waals surface area contributed by atoms with Crippen LogP contribution < -0.4 is 5.32 Å². The largest absolute Gasteiger partial charge is 0.330 e. The first-order valence-electron chi connectivity index (χ1n) is 4.58. The third-order valence-corrected chi connectivity index (χ3v) is 3.28. The highest BCUT2D eigenvalue weighted by molar-refractivity contribution is 5.10. The lowest BCUT2D eigenvalue weighted by molar-refractivity contribution is 0.217. The van der Waals surface area contributed by atoms with Crippen molar-refractivity contribution in [1.29, 1.82) is 0 Å². The molecule has 0 amide bonds. The van der Waals surface area contributed by atoms with Crippen molar-refractivity contribution in [1.82, 2.24) is 14.9 Å². The predicted molar refractivity (Wildman–Crippen MR) is 45.9 cm³/mol. The molecule has 0 radical (unpaired) electrons. The van der Waals surface area contributed by atoms with Gasteiger partial charge >= 0.3 is 0 Å². The lowest BCUT2D eigenvalue weighted by Gasteiger charge is -2.36. The van der Waals surface area contributed by atoms with E-state index in [1.54, 1.807) is 0 Å². The summed E-state index contributed by atoms with van der Waals surface area (Å²) in [5, 5.41) is 3.51. The van der Waals surface area contributed by atoms with E-state index in [9.17, 15) is 0 Å². The number of nitrogens with one attached hydrogen (secondary N) is 1. The molecule has 3 fully saturated rings. The van der Waals surface area contributed by atoms with Crippen molar-refractivity contribution < 1.29 is 0 Å². The molecule has 3 unspecified atom stereocenters. The van der Waals surface area contributed by atoms with Gasteiger partial charge in [0.15, 0.2) is 0 Å². The molecule has 12 heavy (non-hydrogen) atoms. The molecule has 1 aliphatic carbocycles. The highest BCUT2D eigenvalue weighted by atomic mass is 15.2. The van der Waals surface area contributed by atoms with Gasteiger partial charge < -0.3 is 9.88 Å².